The number of thioether (sulfide) groups is 1. The van der Waals surface area contributed by atoms with Gasteiger partial charge in [0.15, 0.2) is 5.17 Å². The van der Waals surface area contributed by atoms with Gasteiger partial charge in [0.2, 0.25) is 0 Å². The first-order valence-electron chi connectivity index (χ1n) is 7.08. The fourth-order valence-electron chi connectivity index (χ4n) is 2.14. The number of aromatic hydroxyl groups is 1. The van der Waals surface area contributed by atoms with Gasteiger partial charge in [-0.2, -0.15) is 0 Å². The molecule has 8 heteroatoms. The average Bonchev–Trinajstić information content (AvgIpc) is 2.88. The molecule has 128 valence electrons. The molecule has 0 spiro atoms. The smallest absolute Gasteiger partial charge is 0.264 e. The molecule has 2 N–H and O–H groups in total. The molecule has 4 nitrogen and oxygen atoms in total. The lowest BCUT2D eigenvalue weighted by molar-refractivity contribution is -0.115. The van der Waals surface area contributed by atoms with E-state index in [1.807, 2.05) is 13.0 Å². The first-order chi connectivity index (χ1) is 11.8. The van der Waals surface area contributed by atoms with E-state index in [0.29, 0.717) is 30.8 Å². The van der Waals surface area contributed by atoms with Gasteiger partial charge in [-0.25, -0.2) is 4.99 Å². The second kappa shape index (κ2) is 7.41. The fraction of sp³-hybridized carbons (Fsp3) is 0.0588. The molecule has 1 amide bonds. The molecular weight excluding hydrogens is 447 g/mol. The highest BCUT2D eigenvalue weighted by Gasteiger charge is 2.24. The van der Waals surface area contributed by atoms with Gasteiger partial charge in [0.1, 0.15) is 5.75 Å². The molecule has 1 aliphatic rings. The highest BCUT2D eigenvalue weighted by molar-refractivity contribution is 9.10. The number of amidine groups is 1. The minimum absolute atomic E-state index is 0.0816. The number of aliphatic imine (C=N–C) groups is 1. The Hall–Kier alpha value is -1.47. The van der Waals surface area contributed by atoms with E-state index >= 15 is 0 Å². The van der Waals surface area contributed by atoms with Crippen LogP contribution in [-0.2, 0) is 4.79 Å². The fourth-order valence-corrected chi connectivity index (χ4v) is 3.97. The predicted molar refractivity (Wildman–Crippen MR) is 108 cm³/mol. The summed E-state index contributed by atoms with van der Waals surface area (Å²) in [5.41, 5.74) is 1.96. The van der Waals surface area contributed by atoms with Crippen LogP contribution in [0.3, 0.4) is 0 Å². The molecule has 1 saturated heterocycles. The van der Waals surface area contributed by atoms with Crippen LogP contribution in [0, 0.1) is 6.92 Å². The number of nitrogens with zero attached hydrogens (tertiary/aromatic N) is 1. The van der Waals surface area contributed by atoms with E-state index in [-0.39, 0.29) is 16.7 Å². The molecule has 2 aromatic rings. The second-order valence-corrected chi connectivity index (χ2v) is 7.95. The molecule has 2 aromatic carbocycles. The van der Waals surface area contributed by atoms with Crippen LogP contribution < -0.4 is 5.32 Å². The Morgan fingerprint density at radius 1 is 1.28 bits per heavy atom. The zero-order valence-electron chi connectivity index (χ0n) is 12.8. The maximum atomic E-state index is 12.2. The van der Waals surface area contributed by atoms with Crippen molar-refractivity contribution in [2.24, 2.45) is 4.99 Å². The number of phenolic OH excluding ortho intramolecular Hbond substituents is 1. The van der Waals surface area contributed by atoms with E-state index in [2.05, 4.69) is 26.2 Å². The van der Waals surface area contributed by atoms with Crippen molar-refractivity contribution in [2.45, 2.75) is 6.92 Å². The Labute approximate surface area is 167 Å². The molecule has 1 aliphatic heterocycles. The van der Waals surface area contributed by atoms with Gasteiger partial charge >= 0.3 is 0 Å². The Bertz CT molecular complexity index is 944. The van der Waals surface area contributed by atoms with Gasteiger partial charge in [-0.1, -0.05) is 45.2 Å². The van der Waals surface area contributed by atoms with Crippen molar-refractivity contribution in [3.05, 3.63) is 60.9 Å². The quantitative estimate of drug-likeness (QED) is 0.571. The maximum absolute atomic E-state index is 12.2. The predicted octanol–water partition coefficient (Wildman–Crippen LogP) is 5.66. The molecule has 0 aliphatic carbocycles. The number of carbonyl (C=O) groups excluding carboxylic acids is 1. The molecule has 0 aromatic heterocycles. The number of benzene rings is 2. The Balaban J connectivity index is 1.93. The monoisotopic (exact) mass is 456 g/mol. The number of carbonyl (C=O) groups is 1. The molecule has 1 heterocycles. The third-order valence-electron chi connectivity index (χ3n) is 3.46. The second-order valence-electron chi connectivity index (χ2n) is 5.19. The van der Waals surface area contributed by atoms with E-state index in [9.17, 15) is 9.90 Å². The van der Waals surface area contributed by atoms with Crippen LogP contribution in [0.5, 0.6) is 5.75 Å². The van der Waals surface area contributed by atoms with Gasteiger partial charge in [-0.05, 0) is 54.6 Å². The molecular formula is C17H11BrCl2N2O2S. The van der Waals surface area contributed by atoms with Gasteiger partial charge < -0.3 is 10.4 Å². The third-order valence-corrected chi connectivity index (χ3v) is 5.52. The van der Waals surface area contributed by atoms with Crippen LogP contribution in [0.25, 0.3) is 6.08 Å². The van der Waals surface area contributed by atoms with Crippen LogP contribution in [0.1, 0.15) is 11.1 Å². The van der Waals surface area contributed by atoms with Crippen molar-refractivity contribution in [2.75, 3.05) is 0 Å². The molecule has 0 atom stereocenters. The summed E-state index contributed by atoms with van der Waals surface area (Å²) >= 11 is 16.5. The Morgan fingerprint density at radius 3 is 2.80 bits per heavy atom. The summed E-state index contributed by atoms with van der Waals surface area (Å²) in [6.07, 6.45) is 1.57. The van der Waals surface area contributed by atoms with Crippen molar-refractivity contribution in [1.29, 1.82) is 0 Å². The topological polar surface area (TPSA) is 61.7 Å². The number of hydrogen-bond acceptors (Lipinski definition) is 4. The van der Waals surface area contributed by atoms with Crippen molar-refractivity contribution in [3.8, 4) is 5.75 Å². The number of rotatable bonds is 2. The minimum atomic E-state index is -0.293. The third kappa shape index (κ3) is 4.03. The summed E-state index contributed by atoms with van der Waals surface area (Å²) in [5.74, 6) is -0.374. The van der Waals surface area contributed by atoms with Gasteiger partial charge in [-0.3, -0.25) is 4.79 Å². The number of nitrogens with one attached hydrogen (secondary N) is 1. The van der Waals surface area contributed by atoms with E-state index in [1.54, 1.807) is 30.3 Å². The molecule has 3 rings (SSSR count). The van der Waals surface area contributed by atoms with E-state index in [1.165, 1.54) is 11.8 Å². The van der Waals surface area contributed by atoms with E-state index in [0.717, 1.165) is 5.56 Å². The standard InChI is InChI=1S/C17H11BrCl2N2O2S/c1-8-11(19)3-2-4-13(8)21-17-22-16(24)14(25-17)6-9-5-10(18)7-12(20)15(9)23/h2-7,23H,1H3,(H,21,22,24)/b14-6-. The summed E-state index contributed by atoms with van der Waals surface area (Å²) in [6, 6.07) is 8.66. The summed E-state index contributed by atoms with van der Waals surface area (Å²) < 4.78 is 0.703. The zero-order valence-corrected chi connectivity index (χ0v) is 16.7. The van der Waals surface area contributed by atoms with Crippen LogP contribution in [0.2, 0.25) is 10.0 Å². The first kappa shape index (κ1) is 18.3. The summed E-state index contributed by atoms with van der Waals surface area (Å²) in [6.45, 7) is 1.86. The lowest BCUT2D eigenvalue weighted by Crippen LogP contribution is -2.19. The molecule has 1 fully saturated rings. The Kier molecular flexibility index (Phi) is 5.43. The SMILES string of the molecule is Cc1c(Cl)cccc1N=C1NC(=O)/C(=C/c2cc(Br)cc(Cl)c2O)S1. The molecule has 0 unspecified atom stereocenters. The van der Waals surface area contributed by atoms with Crippen LogP contribution >= 0.6 is 50.9 Å². The van der Waals surface area contributed by atoms with Crippen molar-refractivity contribution >= 4 is 73.7 Å². The van der Waals surface area contributed by atoms with E-state index < -0.39 is 0 Å². The van der Waals surface area contributed by atoms with Gasteiger partial charge in [0, 0.05) is 15.1 Å². The van der Waals surface area contributed by atoms with Crippen LogP contribution in [0.15, 0.2) is 44.7 Å². The van der Waals surface area contributed by atoms with Gasteiger partial charge in [-0.15, -0.1) is 0 Å². The van der Waals surface area contributed by atoms with Crippen molar-refractivity contribution in [3.63, 3.8) is 0 Å². The number of halogens is 3. The summed E-state index contributed by atoms with van der Waals surface area (Å²) in [7, 11) is 0. The van der Waals surface area contributed by atoms with Gasteiger partial charge in [0.05, 0.1) is 15.6 Å². The normalized spacial score (nSPS) is 17.4. The van der Waals surface area contributed by atoms with E-state index in [4.69, 9.17) is 23.2 Å². The Morgan fingerprint density at radius 2 is 2.04 bits per heavy atom. The number of hydrogen-bond donors (Lipinski definition) is 2. The molecule has 0 radical (unpaired) electrons. The number of phenols is 1. The zero-order chi connectivity index (χ0) is 18.1. The summed E-state index contributed by atoms with van der Waals surface area (Å²) in [5, 5.41) is 14.0. The average molecular weight is 458 g/mol. The van der Waals surface area contributed by atoms with Crippen molar-refractivity contribution < 1.29 is 9.90 Å². The highest BCUT2D eigenvalue weighted by atomic mass is 79.9. The van der Waals surface area contributed by atoms with Gasteiger partial charge in [0.25, 0.3) is 5.91 Å². The van der Waals surface area contributed by atoms with Crippen molar-refractivity contribution in [1.82, 2.24) is 5.32 Å². The molecule has 0 bridgehead atoms. The number of amides is 1. The maximum Gasteiger partial charge on any atom is 0.264 e. The summed E-state index contributed by atoms with van der Waals surface area (Å²) in [4.78, 5) is 17.0. The van der Waals surface area contributed by atoms with Crippen LogP contribution in [-0.4, -0.2) is 16.2 Å². The molecule has 0 saturated carbocycles. The lowest BCUT2D eigenvalue weighted by atomic mass is 10.2. The largest absolute Gasteiger partial charge is 0.506 e. The molecule has 25 heavy (non-hydrogen) atoms. The minimum Gasteiger partial charge on any atom is -0.506 e. The van der Waals surface area contributed by atoms with Crippen LogP contribution in [0.4, 0.5) is 5.69 Å². The first-order valence-corrected chi connectivity index (χ1v) is 9.44. The lowest BCUT2D eigenvalue weighted by Gasteiger charge is -2.03. The highest BCUT2D eigenvalue weighted by Crippen LogP contribution is 2.36.